The highest BCUT2D eigenvalue weighted by atomic mass is 35.5. The molecule has 0 aliphatic carbocycles. The van der Waals surface area contributed by atoms with E-state index in [0.29, 0.717) is 6.07 Å². The Morgan fingerprint density at radius 1 is 1.54 bits per heavy atom. The molecule has 0 aliphatic heterocycles. The third kappa shape index (κ3) is 1.90. The molecular formula is C7H2ClF3N2. The summed E-state index contributed by atoms with van der Waals surface area (Å²) in [6.07, 6.45) is -2.99. The van der Waals surface area contributed by atoms with Crippen molar-refractivity contribution in [1.82, 2.24) is 4.98 Å². The molecule has 0 unspecified atom stereocenters. The monoisotopic (exact) mass is 206 g/mol. The van der Waals surface area contributed by atoms with Crippen LogP contribution in [0.2, 0.25) is 5.02 Å². The molecule has 0 amide bonds. The number of hydrogen-bond donors (Lipinski definition) is 0. The summed E-state index contributed by atoms with van der Waals surface area (Å²) in [4.78, 5) is 2.97. The van der Waals surface area contributed by atoms with Gasteiger partial charge in [-0.15, -0.1) is 0 Å². The van der Waals surface area contributed by atoms with Crippen LogP contribution in [0.5, 0.6) is 0 Å². The zero-order valence-electron chi connectivity index (χ0n) is 6.06. The van der Waals surface area contributed by atoms with Crippen LogP contribution in [0, 0.1) is 17.3 Å². The summed E-state index contributed by atoms with van der Waals surface area (Å²) in [5.74, 6) is -1.36. The summed E-state index contributed by atoms with van der Waals surface area (Å²) in [6, 6.07) is 2.18. The van der Waals surface area contributed by atoms with Crippen LogP contribution in [0.1, 0.15) is 17.7 Å². The van der Waals surface area contributed by atoms with E-state index in [1.165, 1.54) is 6.07 Å². The maximum Gasteiger partial charge on any atom is 0.268 e. The Labute approximate surface area is 76.6 Å². The molecule has 0 aromatic carbocycles. The Bertz CT molecular complexity index is 373. The number of alkyl halides is 2. The lowest BCUT2D eigenvalue weighted by atomic mass is 10.2. The third-order valence-corrected chi connectivity index (χ3v) is 1.59. The minimum absolute atomic E-state index is 0.279. The van der Waals surface area contributed by atoms with Crippen molar-refractivity contribution in [2.75, 3.05) is 0 Å². The molecule has 1 aromatic heterocycles. The van der Waals surface area contributed by atoms with Crippen LogP contribution in [0.4, 0.5) is 13.2 Å². The van der Waals surface area contributed by atoms with Gasteiger partial charge in [-0.05, 0) is 6.07 Å². The van der Waals surface area contributed by atoms with Gasteiger partial charge in [-0.1, -0.05) is 11.6 Å². The fourth-order valence-corrected chi connectivity index (χ4v) is 0.914. The first-order valence-corrected chi connectivity index (χ1v) is 3.48. The van der Waals surface area contributed by atoms with Crippen LogP contribution in [0.3, 0.4) is 0 Å². The van der Waals surface area contributed by atoms with Gasteiger partial charge in [-0.25, -0.2) is 13.8 Å². The number of nitriles is 1. The topological polar surface area (TPSA) is 36.7 Å². The van der Waals surface area contributed by atoms with Gasteiger partial charge in [0.15, 0.2) is 5.69 Å². The Kier molecular flexibility index (Phi) is 2.73. The van der Waals surface area contributed by atoms with Crippen molar-refractivity contribution in [3.05, 3.63) is 28.3 Å². The fourth-order valence-electron chi connectivity index (χ4n) is 0.712. The Morgan fingerprint density at radius 2 is 2.15 bits per heavy atom. The van der Waals surface area contributed by atoms with Gasteiger partial charge in [0.05, 0.1) is 10.6 Å². The molecule has 0 bridgehead atoms. The summed E-state index contributed by atoms with van der Waals surface area (Å²) >= 11 is 5.36. The number of rotatable bonds is 1. The summed E-state index contributed by atoms with van der Waals surface area (Å²) in [7, 11) is 0. The number of nitrogens with zero attached hydrogens (tertiary/aromatic N) is 2. The van der Waals surface area contributed by atoms with Crippen LogP contribution in [0.25, 0.3) is 0 Å². The molecule has 68 valence electrons. The molecule has 13 heavy (non-hydrogen) atoms. The van der Waals surface area contributed by atoms with E-state index in [1.807, 2.05) is 0 Å². The van der Waals surface area contributed by atoms with Crippen LogP contribution in [0.15, 0.2) is 6.07 Å². The molecule has 0 spiro atoms. The Morgan fingerprint density at radius 3 is 2.62 bits per heavy atom. The van der Waals surface area contributed by atoms with Crippen molar-refractivity contribution in [3.8, 4) is 6.07 Å². The van der Waals surface area contributed by atoms with E-state index < -0.39 is 23.6 Å². The van der Waals surface area contributed by atoms with E-state index in [-0.39, 0.29) is 5.02 Å². The highest BCUT2D eigenvalue weighted by Gasteiger charge is 2.17. The van der Waals surface area contributed by atoms with Gasteiger partial charge in [0.1, 0.15) is 6.07 Å². The van der Waals surface area contributed by atoms with E-state index in [4.69, 9.17) is 16.9 Å². The molecule has 0 atom stereocenters. The van der Waals surface area contributed by atoms with Crippen LogP contribution >= 0.6 is 11.6 Å². The summed E-state index contributed by atoms with van der Waals surface area (Å²) < 4.78 is 36.7. The Hall–Kier alpha value is -1.28. The molecule has 0 radical (unpaired) electrons. The maximum absolute atomic E-state index is 12.7. The smallest absolute Gasteiger partial charge is 0.207 e. The minimum atomic E-state index is -2.99. The number of pyridine rings is 1. The zero-order valence-corrected chi connectivity index (χ0v) is 6.82. The number of aromatic nitrogens is 1. The van der Waals surface area contributed by atoms with Crippen molar-refractivity contribution < 1.29 is 13.2 Å². The predicted molar refractivity (Wildman–Crippen MR) is 38.9 cm³/mol. The van der Waals surface area contributed by atoms with E-state index in [9.17, 15) is 13.2 Å². The van der Waals surface area contributed by atoms with E-state index in [0.717, 1.165) is 0 Å². The second kappa shape index (κ2) is 3.62. The van der Waals surface area contributed by atoms with Crippen molar-refractivity contribution in [2.24, 2.45) is 0 Å². The first-order valence-electron chi connectivity index (χ1n) is 3.10. The predicted octanol–water partition coefficient (Wildman–Crippen LogP) is 2.68. The lowest BCUT2D eigenvalue weighted by molar-refractivity contribution is 0.145. The minimum Gasteiger partial charge on any atom is -0.207 e. The molecular weight excluding hydrogens is 205 g/mol. The van der Waals surface area contributed by atoms with Gasteiger partial charge in [0.2, 0.25) is 5.95 Å². The SMILES string of the molecule is N#Cc1nc(F)c(C(F)F)cc1Cl. The van der Waals surface area contributed by atoms with E-state index in [1.54, 1.807) is 0 Å². The molecule has 0 aliphatic rings. The maximum atomic E-state index is 12.7. The van der Waals surface area contributed by atoms with Gasteiger partial charge in [-0.3, -0.25) is 0 Å². The first-order chi connectivity index (χ1) is 6.06. The highest BCUT2D eigenvalue weighted by Crippen LogP contribution is 2.25. The molecule has 0 saturated carbocycles. The standard InChI is InChI=1S/C7H2ClF3N2/c8-4-1-3(6(9)10)7(11)13-5(4)2-12/h1,6H. The molecule has 1 rings (SSSR count). The Balaban J connectivity index is 3.31. The lowest BCUT2D eigenvalue weighted by Gasteiger charge is -2.01. The normalized spacial score (nSPS) is 10.2. The number of hydrogen-bond acceptors (Lipinski definition) is 2. The van der Waals surface area contributed by atoms with Crippen molar-refractivity contribution in [2.45, 2.75) is 6.43 Å². The second-order valence-corrected chi connectivity index (χ2v) is 2.52. The second-order valence-electron chi connectivity index (χ2n) is 2.11. The van der Waals surface area contributed by atoms with Gasteiger partial charge < -0.3 is 0 Å². The third-order valence-electron chi connectivity index (χ3n) is 1.30. The average Bonchev–Trinajstić information content (AvgIpc) is 2.07. The highest BCUT2D eigenvalue weighted by molar-refractivity contribution is 6.31. The first kappa shape index (κ1) is 9.81. The summed E-state index contributed by atoms with van der Waals surface area (Å²) in [5, 5.41) is 8.04. The van der Waals surface area contributed by atoms with Crippen LogP contribution in [-0.2, 0) is 0 Å². The largest absolute Gasteiger partial charge is 0.268 e. The average molecular weight is 207 g/mol. The van der Waals surface area contributed by atoms with Gasteiger partial charge >= 0.3 is 0 Å². The molecule has 2 nitrogen and oxygen atoms in total. The quantitative estimate of drug-likeness (QED) is 0.663. The van der Waals surface area contributed by atoms with Crippen molar-refractivity contribution in [3.63, 3.8) is 0 Å². The molecule has 0 saturated heterocycles. The molecule has 0 fully saturated rings. The van der Waals surface area contributed by atoms with Gasteiger partial charge in [-0.2, -0.15) is 9.65 Å². The fraction of sp³-hybridized carbons (Fsp3) is 0.143. The van der Waals surface area contributed by atoms with E-state index >= 15 is 0 Å². The molecule has 1 heterocycles. The summed E-state index contributed by atoms with van der Waals surface area (Å²) in [6.45, 7) is 0. The van der Waals surface area contributed by atoms with Crippen LogP contribution < -0.4 is 0 Å². The zero-order chi connectivity index (χ0) is 10.0. The van der Waals surface area contributed by atoms with Crippen molar-refractivity contribution in [1.29, 1.82) is 5.26 Å². The molecule has 1 aromatic rings. The lowest BCUT2D eigenvalue weighted by Crippen LogP contribution is -1.97. The summed E-state index contributed by atoms with van der Waals surface area (Å²) in [5.41, 5.74) is -1.30. The van der Waals surface area contributed by atoms with Crippen LogP contribution in [-0.4, -0.2) is 4.98 Å². The molecule has 6 heteroatoms. The van der Waals surface area contributed by atoms with Gasteiger partial charge in [0.25, 0.3) is 6.43 Å². The van der Waals surface area contributed by atoms with E-state index in [2.05, 4.69) is 4.98 Å². The van der Waals surface area contributed by atoms with Gasteiger partial charge in [0, 0.05) is 0 Å². The number of halogens is 4. The molecule has 0 N–H and O–H groups in total. The van der Waals surface area contributed by atoms with Crippen molar-refractivity contribution >= 4 is 11.6 Å².